The Balaban J connectivity index is 2.86. The lowest BCUT2D eigenvalue weighted by Crippen LogP contribution is -2.06. The van der Waals surface area contributed by atoms with Crippen LogP contribution >= 0.6 is 0 Å². The molecule has 2 heteroatoms. The molecule has 2 nitrogen and oxygen atoms in total. The van der Waals surface area contributed by atoms with Crippen LogP contribution in [-0.2, 0) is 12.8 Å². The predicted molar refractivity (Wildman–Crippen MR) is 77.8 cm³/mol. The van der Waals surface area contributed by atoms with Crippen molar-refractivity contribution in [2.45, 2.75) is 60.8 Å². The van der Waals surface area contributed by atoms with Gasteiger partial charge in [-0.25, -0.2) is 0 Å². The lowest BCUT2D eigenvalue weighted by atomic mass is 10.0. The highest BCUT2D eigenvalue weighted by Gasteiger charge is 2.08. The number of aryl methyl sites for hydroxylation is 3. The summed E-state index contributed by atoms with van der Waals surface area (Å²) in [7, 11) is 0. The van der Waals surface area contributed by atoms with Crippen LogP contribution < -0.4 is 0 Å². The van der Waals surface area contributed by atoms with Crippen LogP contribution in [0.4, 0.5) is 0 Å². The first-order chi connectivity index (χ1) is 8.40. The van der Waals surface area contributed by atoms with E-state index in [1.165, 1.54) is 17.7 Å². The second-order valence-electron chi connectivity index (χ2n) is 5.71. The Labute approximate surface area is 112 Å². The molecular weight excluding hydrogens is 220 g/mol. The molecular formula is C16H26N2. The molecule has 0 unspecified atom stereocenters. The Bertz CT molecular complexity index is 427. The molecule has 1 rings (SSSR count). The van der Waals surface area contributed by atoms with Gasteiger partial charge in [-0.15, -0.1) is 0 Å². The summed E-state index contributed by atoms with van der Waals surface area (Å²) in [6.45, 7) is 12.9. The maximum absolute atomic E-state index is 4.73. The molecule has 0 saturated heterocycles. The van der Waals surface area contributed by atoms with Crippen LogP contribution in [0.5, 0.6) is 0 Å². The van der Waals surface area contributed by atoms with Gasteiger partial charge in [0, 0.05) is 6.42 Å². The van der Waals surface area contributed by atoms with Gasteiger partial charge in [0.1, 0.15) is 0 Å². The largest absolute Gasteiger partial charge is 0.254 e. The third-order valence-corrected chi connectivity index (χ3v) is 3.10. The zero-order chi connectivity index (χ0) is 13.7. The Morgan fingerprint density at radius 1 is 1.06 bits per heavy atom. The third-order valence-electron chi connectivity index (χ3n) is 3.10. The smallest absolute Gasteiger partial charge is 0.0656 e. The summed E-state index contributed by atoms with van der Waals surface area (Å²) in [5, 5.41) is 0. The standard InChI is InChI=1S/C16H26N2/c1-11(2)7-9-15-13(5)18-16(14(6)17-15)10-8-12(3)4/h7,12H,8-10H2,1-6H3. The predicted octanol–water partition coefficient (Wildman–Crippen LogP) is 4.19. The average molecular weight is 246 g/mol. The van der Waals surface area contributed by atoms with Crippen molar-refractivity contribution in [3.05, 3.63) is 34.4 Å². The molecule has 0 saturated carbocycles. The van der Waals surface area contributed by atoms with E-state index in [9.17, 15) is 0 Å². The zero-order valence-corrected chi connectivity index (χ0v) is 12.7. The first-order valence-electron chi connectivity index (χ1n) is 6.86. The lowest BCUT2D eigenvalue weighted by Gasteiger charge is -2.10. The minimum atomic E-state index is 0.719. The molecule has 0 bridgehead atoms. The Morgan fingerprint density at radius 3 is 2.17 bits per heavy atom. The van der Waals surface area contributed by atoms with Crippen molar-refractivity contribution in [2.24, 2.45) is 5.92 Å². The van der Waals surface area contributed by atoms with Gasteiger partial charge in [-0.1, -0.05) is 25.5 Å². The fourth-order valence-electron chi connectivity index (χ4n) is 1.85. The lowest BCUT2D eigenvalue weighted by molar-refractivity contribution is 0.577. The van der Waals surface area contributed by atoms with Gasteiger partial charge in [0.05, 0.1) is 22.8 Å². The molecule has 0 atom stereocenters. The number of aromatic nitrogens is 2. The van der Waals surface area contributed by atoms with Crippen LogP contribution in [0.15, 0.2) is 11.6 Å². The minimum absolute atomic E-state index is 0.719. The van der Waals surface area contributed by atoms with Gasteiger partial charge in [-0.3, -0.25) is 9.97 Å². The van der Waals surface area contributed by atoms with Crippen molar-refractivity contribution in [1.82, 2.24) is 9.97 Å². The monoisotopic (exact) mass is 246 g/mol. The maximum atomic E-state index is 4.73. The summed E-state index contributed by atoms with van der Waals surface area (Å²) in [6.07, 6.45) is 5.33. The van der Waals surface area contributed by atoms with Crippen molar-refractivity contribution in [3.63, 3.8) is 0 Å². The van der Waals surface area contributed by atoms with E-state index < -0.39 is 0 Å². The van der Waals surface area contributed by atoms with E-state index in [4.69, 9.17) is 9.97 Å². The molecule has 0 radical (unpaired) electrons. The number of nitrogens with zero attached hydrogens (tertiary/aromatic N) is 2. The van der Waals surface area contributed by atoms with E-state index >= 15 is 0 Å². The molecule has 0 N–H and O–H groups in total. The van der Waals surface area contributed by atoms with E-state index in [1.54, 1.807) is 0 Å². The first-order valence-corrected chi connectivity index (χ1v) is 6.86. The van der Waals surface area contributed by atoms with Crippen molar-refractivity contribution in [2.75, 3.05) is 0 Å². The van der Waals surface area contributed by atoms with Crippen LogP contribution in [0, 0.1) is 19.8 Å². The van der Waals surface area contributed by atoms with Crippen molar-refractivity contribution in [3.8, 4) is 0 Å². The van der Waals surface area contributed by atoms with Gasteiger partial charge in [-0.2, -0.15) is 0 Å². The van der Waals surface area contributed by atoms with Gasteiger partial charge in [0.15, 0.2) is 0 Å². The molecule has 0 aliphatic rings. The Hall–Kier alpha value is -1.18. The maximum Gasteiger partial charge on any atom is 0.0656 e. The topological polar surface area (TPSA) is 25.8 Å². The fraction of sp³-hybridized carbons (Fsp3) is 0.625. The summed E-state index contributed by atoms with van der Waals surface area (Å²) < 4.78 is 0. The van der Waals surface area contributed by atoms with Crippen LogP contribution in [0.3, 0.4) is 0 Å². The highest BCUT2D eigenvalue weighted by atomic mass is 14.8. The molecule has 0 amide bonds. The SMILES string of the molecule is CC(C)=CCc1nc(C)c(CCC(C)C)nc1C. The quantitative estimate of drug-likeness (QED) is 0.728. The van der Waals surface area contributed by atoms with E-state index in [2.05, 4.69) is 47.6 Å². The number of hydrogen-bond donors (Lipinski definition) is 0. The minimum Gasteiger partial charge on any atom is -0.254 e. The molecule has 0 aromatic carbocycles. The summed E-state index contributed by atoms with van der Waals surface area (Å²) in [5.74, 6) is 0.719. The van der Waals surface area contributed by atoms with Crippen molar-refractivity contribution in [1.29, 1.82) is 0 Å². The van der Waals surface area contributed by atoms with E-state index in [-0.39, 0.29) is 0 Å². The molecule has 0 aliphatic carbocycles. The molecule has 0 fully saturated rings. The highest BCUT2D eigenvalue weighted by Crippen LogP contribution is 2.13. The summed E-state index contributed by atoms with van der Waals surface area (Å²) in [5.41, 5.74) is 5.79. The van der Waals surface area contributed by atoms with Gasteiger partial charge in [0.25, 0.3) is 0 Å². The highest BCUT2D eigenvalue weighted by molar-refractivity contribution is 5.21. The van der Waals surface area contributed by atoms with Gasteiger partial charge >= 0.3 is 0 Å². The fourth-order valence-corrected chi connectivity index (χ4v) is 1.85. The molecule has 0 spiro atoms. The first kappa shape index (κ1) is 14.9. The average Bonchev–Trinajstić information content (AvgIpc) is 2.27. The van der Waals surface area contributed by atoms with Gasteiger partial charge in [-0.05, 0) is 46.5 Å². The molecule has 1 heterocycles. The van der Waals surface area contributed by atoms with Crippen molar-refractivity contribution >= 4 is 0 Å². The number of allylic oxidation sites excluding steroid dienone is 2. The van der Waals surface area contributed by atoms with Crippen LogP contribution in [-0.4, -0.2) is 9.97 Å². The second-order valence-corrected chi connectivity index (χ2v) is 5.71. The summed E-state index contributed by atoms with van der Waals surface area (Å²) in [4.78, 5) is 9.45. The van der Waals surface area contributed by atoms with E-state index in [1.807, 2.05) is 0 Å². The summed E-state index contributed by atoms with van der Waals surface area (Å²) in [6, 6.07) is 0. The van der Waals surface area contributed by atoms with Gasteiger partial charge < -0.3 is 0 Å². The normalized spacial score (nSPS) is 10.8. The zero-order valence-electron chi connectivity index (χ0n) is 12.7. The Kier molecular flexibility index (Phi) is 5.52. The van der Waals surface area contributed by atoms with Crippen LogP contribution in [0.25, 0.3) is 0 Å². The molecule has 0 aliphatic heterocycles. The van der Waals surface area contributed by atoms with Crippen molar-refractivity contribution < 1.29 is 0 Å². The van der Waals surface area contributed by atoms with Gasteiger partial charge in [0.2, 0.25) is 0 Å². The number of hydrogen-bond acceptors (Lipinski definition) is 2. The van der Waals surface area contributed by atoms with E-state index in [0.717, 1.165) is 35.8 Å². The van der Waals surface area contributed by atoms with Crippen LogP contribution in [0.2, 0.25) is 0 Å². The molecule has 1 aromatic heterocycles. The number of rotatable bonds is 5. The second kappa shape index (κ2) is 6.67. The molecule has 18 heavy (non-hydrogen) atoms. The summed E-state index contributed by atoms with van der Waals surface area (Å²) >= 11 is 0. The molecule has 100 valence electrons. The Morgan fingerprint density at radius 2 is 1.61 bits per heavy atom. The molecule has 1 aromatic rings. The van der Waals surface area contributed by atoms with Crippen LogP contribution in [0.1, 0.15) is 56.9 Å². The van der Waals surface area contributed by atoms with E-state index in [0.29, 0.717) is 0 Å². The third kappa shape index (κ3) is 4.59.